The van der Waals surface area contributed by atoms with Crippen molar-refractivity contribution in [3.63, 3.8) is 0 Å². The van der Waals surface area contributed by atoms with Gasteiger partial charge in [-0.05, 0) is 56.8 Å². The van der Waals surface area contributed by atoms with Gasteiger partial charge in [0, 0.05) is 31.7 Å². The van der Waals surface area contributed by atoms with Crippen LogP contribution >= 0.6 is 0 Å². The van der Waals surface area contributed by atoms with Crippen molar-refractivity contribution in [2.75, 3.05) is 26.2 Å². The molecule has 1 aliphatic heterocycles. The van der Waals surface area contributed by atoms with E-state index in [-0.39, 0.29) is 0 Å². The van der Waals surface area contributed by atoms with Crippen LogP contribution in [0.1, 0.15) is 33.1 Å². The van der Waals surface area contributed by atoms with Gasteiger partial charge in [-0.25, -0.2) is 0 Å². The monoisotopic (exact) mass is 264 g/mol. The summed E-state index contributed by atoms with van der Waals surface area (Å²) < 4.78 is 5.92. The lowest BCUT2D eigenvalue weighted by Gasteiger charge is -2.35. The molecule has 0 amide bonds. The summed E-state index contributed by atoms with van der Waals surface area (Å²) in [5.74, 6) is 4.24. The van der Waals surface area contributed by atoms with E-state index in [0.29, 0.717) is 12.1 Å². The van der Waals surface area contributed by atoms with E-state index in [0.717, 1.165) is 56.0 Å². The lowest BCUT2D eigenvalue weighted by Crippen LogP contribution is -2.49. The van der Waals surface area contributed by atoms with E-state index in [1.54, 1.807) is 6.42 Å². The number of ether oxygens (including phenoxy) is 1. The average molecular weight is 264 g/mol. The Morgan fingerprint density at radius 2 is 1.95 bits per heavy atom. The number of fused-ring (bicyclic) bond motifs is 5. The van der Waals surface area contributed by atoms with Gasteiger partial charge in [0.15, 0.2) is 0 Å². The lowest BCUT2D eigenvalue weighted by atomic mass is 10.0. The van der Waals surface area contributed by atoms with Crippen LogP contribution in [0.2, 0.25) is 0 Å². The fraction of sp³-hybridized carbons (Fsp3) is 1.00. The minimum Gasteiger partial charge on any atom is -0.374 e. The van der Waals surface area contributed by atoms with E-state index >= 15 is 0 Å². The van der Waals surface area contributed by atoms with Crippen LogP contribution in [0.15, 0.2) is 0 Å². The molecule has 4 fully saturated rings. The van der Waals surface area contributed by atoms with E-state index < -0.39 is 0 Å². The molecule has 19 heavy (non-hydrogen) atoms. The quantitative estimate of drug-likeness (QED) is 0.837. The summed E-state index contributed by atoms with van der Waals surface area (Å²) in [6, 6.07) is 1.51. The minimum atomic E-state index is 0.412. The lowest BCUT2D eigenvalue weighted by molar-refractivity contribution is -0.0376. The van der Waals surface area contributed by atoms with Crippen molar-refractivity contribution >= 4 is 0 Å². The van der Waals surface area contributed by atoms with Gasteiger partial charge >= 0.3 is 0 Å². The summed E-state index contributed by atoms with van der Waals surface area (Å²) in [4.78, 5) is 2.55. The smallest absolute Gasteiger partial charge is 0.0826 e. The van der Waals surface area contributed by atoms with E-state index in [4.69, 9.17) is 4.74 Å². The van der Waals surface area contributed by atoms with Crippen LogP contribution in [-0.2, 0) is 4.74 Å². The summed E-state index contributed by atoms with van der Waals surface area (Å²) in [5.41, 5.74) is 0. The minimum absolute atomic E-state index is 0.412. The molecule has 3 nitrogen and oxygen atoms in total. The largest absolute Gasteiger partial charge is 0.374 e. The topological polar surface area (TPSA) is 24.5 Å². The molecule has 2 bridgehead atoms. The highest BCUT2D eigenvalue weighted by molar-refractivity contribution is 5.16. The first-order chi connectivity index (χ1) is 9.24. The maximum absolute atomic E-state index is 5.92. The van der Waals surface area contributed by atoms with Crippen LogP contribution in [0.5, 0.6) is 0 Å². The SMILES string of the molecule is CC(C)N1CCOC(CNC2C3C4CCC(C4)C23)C1. The molecule has 0 aromatic heterocycles. The molecule has 0 radical (unpaired) electrons. The van der Waals surface area contributed by atoms with Gasteiger partial charge in [-0.1, -0.05) is 0 Å². The molecule has 5 atom stereocenters. The summed E-state index contributed by atoms with van der Waals surface area (Å²) in [5, 5.41) is 3.84. The van der Waals surface area contributed by atoms with Crippen molar-refractivity contribution in [1.29, 1.82) is 0 Å². The third-order valence-electron chi connectivity index (χ3n) is 6.22. The van der Waals surface area contributed by atoms with Gasteiger partial charge in [0.25, 0.3) is 0 Å². The Bertz CT molecular complexity index is 330. The van der Waals surface area contributed by atoms with Crippen LogP contribution in [0, 0.1) is 23.7 Å². The molecule has 3 saturated carbocycles. The van der Waals surface area contributed by atoms with Gasteiger partial charge in [0.2, 0.25) is 0 Å². The van der Waals surface area contributed by atoms with E-state index in [1.807, 2.05) is 0 Å². The molecule has 0 aromatic rings. The molecule has 0 aromatic carbocycles. The van der Waals surface area contributed by atoms with E-state index in [2.05, 4.69) is 24.1 Å². The van der Waals surface area contributed by atoms with Crippen molar-refractivity contribution < 1.29 is 4.74 Å². The molecular formula is C16H28N2O. The molecule has 3 aliphatic carbocycles. The highest BCUT2D eigenvalue weighted by Gasteiger charge is 2.64. The first-order valence-electron chi connectivity index (χ1n) is 8.33. The second kappa shape index (κ2) is 4.71. The molecule has 3 heteroatoms. The molecule has 4 rings (SSSR count). The molecule has 1 heterocycles. The van der Waals surface area contributed by atoms with Crippen molar-refractivity contribution in [2.24, 2.45) is 23.7 Å². The Kier molecular flexibility index (Phi) is 3.13. The highest BCUT2D eigenvalue weighted by Crippen LogP contribution is 2.65. The summed E-state index contributed by atoms with van der Waals surface area (Å²) in [7, 11) is 0. The Hall–Kier alpha value is -0.120. The highest BCUT2D eigenvalue weighted by atomic mass is 16.5. The Morgan fingerprint density at radius 3 is 2.63 bits per heavy atom. The average Bonchev–Trinajstić information content (AvgIpc) is 2.79. The van der Waals surface area contributed by atoms with Gasteiger partial charge in [-0.3, -0.25) is 4.90 Å². The van der Waals surface area contributed by atoms with Crippen molar-refractivity contribution in [3.8, 4) is 0 Å². The molecule has 108 valence electrons. The normalized spacial score (nSPS) is 48.8. The first kappa shape index (κ1) is 12.6. The molecule has 0 spiro atoms. The zero-order valence-electron chi connectivity index (χ0n) is 12.3. The van der Waals surface area contributed by atoms with Crippen molar-refractivity contribution in [3.05, 3.63) is 0 Å². The summed E-state index contributed by atoms with van der Waals surface area (Å²) >= 11 is 0. The molecule has 4 aliphatic rings. The van der Waals surface area contributed by atoms with Crippen LogP contribution in [0.3, 0.4) is 0 Å². The Morgan fingerprint density at radius 1 is 1.21 bits per heavy atom. The van der Waals surface area contributed by atoms with Crippen molar-refractivity contribution in [1.82, 2.24) is 10.2 Å². The fourth-order valence-electron chi connectivity index (χ4n) is 5.20. The van der Waals surface area contributed by atoms with E-state index in [9.17, 15) is 0 Å². The van der Waals surface area contributed by atoms with Gasteiger partial charge < -0.3 is 10.1 Å². The van der Waals surface area contributed by atoms with Gasteiger partial charge in [0.1, 0.15) is 0 Å². The summed E-state index contributed by atoms with van der Waals surface area (Å²) in [6.45, 7) is 8.78. The van der Waals surface area contributed by atoms with Gasteiger partial charge in [0.05, 0.1) is 12.7 Å². The maximum Gasteiger partial charge on any atom is 0.0826 e. The van der Waals surface area contributed by atoms with Crippen LogP contribution in [0.4, 0.5) is 0 Å². The van der Waals surface area contributed by atoms with Crippen LogP contribution in [-0.4, -0.2) is 49.3 Å². The number of hydrogen-bond donors (Lipinski definition) is 1. The molecule has 1 saturated heterocycles. The zero-order valence-corrected chi connectivity index (χ0v) is 12.3. The predicted molar refractivity (Wildman–Crippen MR) is 76.1 cm³/mol. The third kappa shape index (κ3) is 2.14. The number of rotatable bonds is 4. The molecular weight excluding hydrogens is 236 g/mol. The fourth-order valence-corrected chi connectivity index (χ4v) is 5.20. The number of morpholine rings is 1. The number of nitrogens with zero attached hydrogens (tertiary/aromatic N) is 1. The maximum atomic E-state index is 5.92. The zero-order chi connectivity index (χ0) is 13.0. The third-order valence-corrected chi connectivity index (χ3v) is 6.22. The standard InChI is InChI=1S/C16H28N2O/c1-10(2)18-5-6-19-13(9-18)8-17-16-14-11-3-4-12(7-11)15(14)16/h10-17H,3-9H2,1-2H3. The second-order valence-corrected chi connectivity index (χ2v) is 7.50. The van der Waals surface area contributed by atoms with Crippen LogP contribution < -0.4 is 5.32 Å². The molecule has 1 N–H and O–H groups in total. The second-order valence-electron chi connectivity index (χ2n) is 7.50. The molecule has 5 unspecified atom stereocenters. The summed E-state index contributed by atoms with van der Waals surface area (Å²) in [6.07, 6.45) is 5.00. The number of hydrogen-bond acceptors (Lipinski definition) is 3. The number of nitrogens with one attached hydrogen (secondary N) is 1. The van der Waals surface area contributed by atoms with Gasteiger partial charge in [-0.2, -0.15) is 0 Å². The first-order valence-corrected chi connectivity index (χ1v) is 8.33. The van der Waals surface area contributed by atoms with Crippen molar-refractivity contribution in [2.45, 2.75) is 51.3 Å². The van der Waals surface area contributed by atoms with E-state index in [1.165, 1.54) is 12.8 Å². The van der Waals surface area contributed by atoms with Gasteiger partial charge in [-0.15, -0.1) is 0 Å². The Labute approximate surface area is 117 Å². The predicted octanol–water partition coefficient (Wildman–Crippen LogP) is 1.73. The Balaban J connectivity index is 1.25. The van der Waals surface area contributed by atoms with Crippen LogP contribution in [0.25, 0.3) is 0 Å².